The molecule has 12 heteroatoms. The third-order valence-electron chi connectivity index (χ3n) is 5.66. The van der Waals surface area contributed by atoms with Crippen molar-refractivity contribution in [3.8, 4) is 26.9 Å². The van der Waals surface area contributed by atoms with Gasteiger partial charge in [0.15, 0.2) is 0 Å². The third-order valence-corrected chi connectivity index (χ3v) is 8.07. The lowest BCUT2D eigenvalue weighted by Crippen LogP contribution is -2.20. The molecule has 208 valence electrons. The van der Waals surface area contributed by atoms with E-state index in [0.717, 1.165) is 32.9 Å². The number of benzene rings is 3. The van der Waals surface area contributed by atoms with Crippen LogP contribution in [-0.2, 0) is 24.0 Å². The first-order valence-electron chi connectivity index (χ1n) is 12.1. The van der Waals surface area contributed by atoms with Gasteiger partial charge in [0.05, 0.1) is 29.6 Å². The topological polar surface area (TPSA) is 76.5 Å². The summed E-state index contributed by atoms with van der Waals surface area (Å²) in [7, 11) is 0. The van der Waals surface area contributed by atoms with E-state index in [9.17, 15) is 18.0 Å². The number of thiazole rings is 2. The van der Waals surface area contributed by atoms with Gasteiger partial charge < -0.3 is 4.74 Å². The van der Waals surface area contributed by atoms with Crippen molar-refractivity contribution in [2.75, 3.05) is 0 Å². The number of carbonyl (C=O) groups is 1. The van der Waals surface area contributed by atoms with Crippen LogP contribution in [0.5, 0.6) is 5.75 Å². The number of rotatable bonds is 9. The number of aromatic nitrogens is 2. The summed E-state index contributed by atoms with van der Waals surface area (Å²) >= 11 is 6.14. The number of alkyl halides is 3. The molecule has 0 spiro atoms. The maximum Gasteiger partial charge on any atom is 0.416 e. The number of hydrogen-bond acceptors (Lipinski definition) is 7. The van der Waals surface area contributed by atoms with E-state index in [-0.39, 0.29) is 13.0 Å². The summed E-state index contributed by atoms with van der Waals surface area (Å²) in [4.78, 5) is 21.4. The monoisotopic (exact) mass is 656 g/mol. The van der Waals surface area contributed by atoms with Crippen LogP contribution >= 0.6 is 38.6 Å². The van der Waals surface area contributed by atoms with Crippen molar-refractivity contribution in [1.29, 1.82) is 0 Å². The quantitative estimate of drug-likeness (QED) is 0.129. The molecule has 5 aromatic rings. The van der Waals surface area contributed by atoms with E-state index in [0.29, 0.717) is 27.6 Å². The second-order valence-corrected chi connectivity index (χ2v) is 11.3. The van der Waals surface area contributed by atoms with Gasteiger partial charge in [0, 0.05) is 31.9 Å². The lowest BCUT2D eigenvalue weighted by molar-refractivity contribution is -0.137. The van der Waals surface area contributed by atoms with Gasteiger partial charge >= 0.3 is 6.18 Å². The molecule has 0 saturated carbocycles. The molecule has 0 unspecified atom stereocenters. The molecular formula is C29H20BrF3N4O2S2. The first-order chi connectivity index (χ1) is 19.7. The van der Waals surface area contributed by atoms with Crippen molar-refractivity contribution in [1.82, 2.24) is 15.4 Å². The van der Waals surface area contributed by atoms with E-state index in [1.807, 2.05) is 41.8 Å². The van der Waals surface area contributed by atoms with Gasteiger partial charge in [-0.25, -0.2) is 15.4 Å². The highest BCUT2D eigenvalue weighted by molar-refractivity contribution is 9.10. The molecule has 1 amide bonds. The van der Waals surface area contributed by atoms with Crippen LogP contribution in [0.4, 0.5) is 13.2 Å². The van der Waals surface area contributed by atoms with Crippen molar-refractivity contribution in [2.45, 2.75) is 19.2 Å². The largest absolute Gasteiger partial charge is 0.487 e. The highest BCUT2D eigenvalue weighted by Crippen LogP contribution is 2.33. The minimum absolute atomic E-state index is 0.0739. The number of para-hydroxylation sites is 1. The Morgan fingerprint density at radius 3 is 2.41 bits per heavy atom. The van der Waals surface area contributed by atoms with Crippen LogP contribution in [0, 0.1) is 0 Å². The molecule has 0 atom stereocenters. The number of carbonyl (C=O) groups excluding carboxylic acids is 1. The smallest absolute Gasteiger partial charge is 0.416 e. The number of nitrogens with zero attached hydrogens (tertiary/aromatic N) is 3. The highest BCUT2D eigenvalue weighted by atomic mass is 79.9. The minimum Gasteiger partial charge on any atom is -0.487 e. The maximum atomic E-state index is 13.0. The Balaban J connectivity index is 1.16. The minimum atomic E-state index is -4.44. The molecule has 0 saturated heterocycles. The summed E-state index contributed by atoms with van der Waals surface area (Å²) in [6.07, 6.45) is -3.03. The first-order valence-corrected chi connectivity index (χ1v) is 14.7. The summed E-state index contributed by atoms with van der Waals surface area (Å²) in [5.41, 5.74) is 4.97. The Labute approximate surface area is 249 Å². The van der Waals surface area contributed by atoms with Gasteiger partial charge in [0.1, 0.15) is 22.4 Å². The second-order valence-electron chi connectivity index (χ2n) is 8.67. The maximum absolute atomic E-state index is 13.0. The number of hydrogen-bond donors (Lipinski definition) is 1. The standard InChI is InChI=1S/C29H20BrF3N4O2S2/c30-22-10-8-18(9-11-22)27-36-24(17-41-27)15-39-25-7-2-1-4-20(25)14-34-37-26(38)13-23-16-40-28(35-23)19-5-3-6-21(12-19)29(31,32)33/h1-12,14,16-17H,13,15H2,(H,37,38)/b34-14+. The van der Waals surface area contributed by atoms with Crippen molar-refractivity contribution >= 4 is 50.7 Å². The SMILES string of the molecule is O=C(Cc1csc(-c2cccc(C(F)(F)F)c2)n1)N/N=C/c1ccccc1OCc1csc(-c2ccc(Br)cc2)n1. The Morgan fingerprint density at radius 1 is 0.927 bits per heavy atom. The fraction of sp³-hybridized carbons (Fsp3) is 0.103. The molecule has 0 bridgehead atoms. The van der Waals surface area contributed by atoms with E-state index < -0.39 is 17.6 Å². The molecule has 0 radical (unpaired) electrons. The zero-order chi connectivity index (χ0) is 28.8. The predicted octanol–water partition coefficient (Wildman–Crippen LogP) is 7.99. The molecule has 6 nitrogen and oxygen atoms in total. The molecule has 3 aromatic carbocycles. The fourth-order valence-electron chi connectivity index (χ4n) is 3.70. The summed E-state index contributed by atoms with van der Waals surface area (Å²) in [5.74, 6) is 0.164. The molecule has 2 aromatic heterocycles. The van der Waals surface area contributed by atoms with Crippen molar-refractivity contribution < 1.29 is 22.7 Å². The average molecular weight is 658 g/mol. The molecule has 0 aliphatic carbocycles. The van der Waals surface area contributed by atoms with Crippen molar-refractivity contribution in [3.05, 3.63) is 111 Å². The number of hydrazone groups is 1. The summed E-state index contributed by atoms with van der Waals surface area (Å²) in [6, 6.07) is 20.1. The van der Waals surface area contributed by atoms with Crippen LogP contribution in [0.15, 0.2) is 93.1 Å². The predicted molar refractivity (Wildman–Crippen MR) is 158 cm³/mol. The van der Waals surface area contributed by atoms with Crippen LogP contribution < -0.4 is 10.2 Å². The van der Waals surface area contributed by atoms with Gasteiger partial charge in [0.25, 0.3) is 0 Å². The molecule has 0 aliphatic heterocycles. The van der Waals surface area contributed by atoms with E-state index in [1.165, 1.54) is 35.0 Å². The summed E-state index contributed by atoms with van der Waals surface area (Å²) < 4.78 is 46.0. The zero-order valence-corrected chi connectivity index (χ0v) is 24.3. The Bertz CT molecular complexity index is 1680. The fourth-order valence-corrected chi connectivity index (χ4v) is 5.59. The molecule has 0 fully saturated rings. The molecule has 1 N–H and O–H groups in total. The van der Waals surface area contributed by atoms with E-state index in [1.54, 1.807) is 23.6 Å². The van der Waals surface area contributed by atoms with Gasteiger partial charge in [-0.1, -0.05) is 52.3 Å². The molecule has 2 heterocycles. The van der Waals surface area contributed by atoms with Crippen molar-refractivity contribution in [3.63, 3.8) is 0 Å². The first kappa shape index (κ1) is 28.7. The highest BCUT2D eigenvalue weighted by Gasteiger charge is 2.30. The van der Waals surface area contributed by atoms with E-state index >= 15 is 0 Å². The third kappa shape index (κ3) is 7.66. The van der Waals surface area contributed by atoms with Gasteiger partial charge in [-0.2, -0.15) is 18.3 Å². The number of nitrogens with one attached hydrogen (secondary N) is 1. The van der Waals surface area contributed by atoms with Gasteiger partial charge in [-0.15, -0.1) is 22.7 Å². The van der Waals surface area contributed by atoms with Gasteiger partial charge in [-0.05, 0) is 36.4 Å². The Kier molecular flexibility index (Phi) is 8.91. The Morgan fingerprint density at radius 2 is 1.63 bits per heavy atom. The molecule has 41 heavy (non-hydrogen) atoms. The van der Waals surface area contributed by atoms with E-state index in [2.05, 4.69) is 36.4 Å². The normalized spacial score (nSPS) is 11.6. The summed E-state index contributed by atoms with van der Waals surface area (Å²) in [5, 5.41) is 8.93. The summed E-state index contributed by atoms with van der Waals surface area (Å²) in [6.45, 7) is 0.266. The second kappa shape index (κ2) is 12.8. The zero-order valence-electron chi connectivity index (χ0n) is 21.1. The number of ether oxygens (including phenoxy) is 1. The lowest BCUT2D eigenvalue weighted by atomic mass is 10.1. The van der Waals surface area contributed by atoms with Gasteiger partial charge in [0.2, 0.25) is 5.91 Å². The Hall–Kier alpha value is -3.87. The van der Waals surface area contributed by atoms with Gasteiger partial charge in [-0.3, -0.25) is 4.79 Å². The van der Waals surface area contributed by atoms with Crippen LogP contribution in [0.25, 0.3) is 21.1 Å². The van der Waals surface area contributed by atoms with Crippen LogP contribution in [0.1, 0.15) is 22.5 Å². The molecule has 5 rings (SSSR count). The van der Waals surface area contributed by atoms with Crippen LogP contribution in [0.2, 0.25) is 0 Å². The van der Waals surface area contributed by atoms with Crippen LogP contribution in [-0.4, -0.2) is 22.1 Å². The lowest BCUT2D eigenvalue weighted by Gasteiger charge is -2.07. The molecule has 0 aliphatic rings. The van der Waals surface area contributed by atoms with Crippen molar-refractivity contribution in [2.24, 2.45) is 5.10 Å². The number of halogens is 4. The van der Waals surface area contributed by atoms with Crippen LogP contribution in [0.3, 0.4) is 0 Å². The average Bonchev–Trinajstić information content (AvgIpc) is 3.63. The van der Waals surface area contributed by atoms with E-state index in [4.69, 9.17) is 4.74 Å². The molecular weight excluding hydrogens is 637 g/mol. The number of amides is 1.